The van der Waals surface area contributed by atoms with E-state index in [0.717, 1.165) is 25.7 Å². The summed E-state index contributed by atoms with van der Waals surface area (Å²) in [7, 11) is 0. The van der Waals surface area contributed by atoms with Gasteiger partial charge in [0.1, 0.15) is 0 Å². The quantitative estimate of drug-likeness (QED) is 0.704. The molecule has 0 unspecified atom stereocenters. The highest BCUT2D eigenvalue weighted by Gasteiger charge is 2.29. The van der Waals surface area contributed by atoms with Gasteiger partial charge in [0.05, 0.1) is 5.56 Å². The summed E-state index contributed by atoms with van der Waals surface area (Å²) in [6.45, 7) is 3.67. The summed E-state index contributed by atoms with van der Waals surface area (Å²) >= 11 is 0. The molecule has 0 spiro atoms. The normalized spacial score (nSPS) is 22.8. The van der Waals surface area contributed by atoms with Crippen molar-refractivity contribution in [3.63, 3.8) is 0 Å². The van der Waals surface area contributed by atoms with Crippen molar-refractivity contribution in [2.24, 2.45) is 11.8 Å². The molecule has 0 N–H and O–H groups in total. The molecular weight excluding hydrogens is 258 g/mol. The van der Waals surface area contributed by atoms with Crippen LogP contribution in [0.1, 0.15) is 61.4 Å². The van der Waals surface area contributed by atoms with E-state index in [1.165, 1.54) is 31.9 Å². The van der Waals surface area contributed by atoms with Crippen molar-refractivity contribution in [3.8, 4) is 0 Å². The number of hydrogen-bond donors (Lipinski definition) is 0. The molecule has 1 aromatic carbocycles. The molecule has 0 bridgehead atoms. The van der Waals surface area contributed by atoms with E-state index in [9.17, 15) is 13.6 Å². The van der Waals surface area contributed by atoms with E-state index in [1.807, 2.05) is 0 Å². The second kappa shape index (κ2) is 6.47. The lowest BCUT2D eigenvalue weighted by molar-refractivity contribution is 0.0864. The molecule has 0 saturated heterocycles. The van der Waals surface area contributed by atoms with Gasteiger partial charge in [-0.25, -0.2) is 8.78 Å². The molecule has 0 aromatic heterocycles. The molecule has 0 heterocycles. The molecular formula is C17H22F2O. The molecule has 0 atom stereocenters. The van der Waals surface area contributed by atoms with Crippen LogP contribution in [0.2, 0.25) is 0 Å². The first-order valence-corrected chi connectivity index (χ1v) is 7.53. The second-order valence-electron chi connectivity index (χ2n) is 5.93. The summed E-state index contributed by atoms with van der Waals surface area (Å²) in [6.07, 6.45) is 6.03. The lowest BCUT2D eigenvalue weighted by atomic mass is 9.77. The van der Waals surface area contributed by atoms with E-state index >= 15 is 0 Å². The smallest absolute Gasteiger partial charge is 0.169 e. The fourth-order valence-corrected chi connectivity index (χ4v) is 3.18. The molecule has 110 valence electrons. The number of aryl methyl sites for hydroxylation is 1. The zero-order valence-electron chi connectivity index (χ0n) is 12.2. The predicted molar refractivity (Wildman–Crippen MR) is 75.8 cm³/mol. The molecule has 0 radical (unpaired) electrons. The number of carbonyl (C=O) groups excluding carboxylic acids is 1. The number of benzene rings is 1. The summed E-state index contributed by atoms with van der Waals surface area (Å²) in [5.74, 6) is -1.54. The highest BCUT2D eigenvalue weighted by atomic mass is 19.2. The third-order valence-electron chi connectivity index (χ3n) is 4.46. The van der Waals surface area contributed by atoms with Crippen LogP contribution < -0.4 is 0 Å². The predicted octanol–water partition coefficient (Wildman–Crippen LogP) is 5.06. The first kappa shape index (κ1) is 15.1. The molecule has 20 heavy (non-hydrogen) atoms. The minimum atomic E-state index is -0.981. The van der Waals surface area contributed by atoms with Gasteiger partial charge < -0.3 is 0 Å². The molecule has 3 heteroatoms. The van der Waals surface area contributed by atoms with Gasteiger partial charge >= 0.3 is 0 Å². The van der Waals surface area contributed by atoms with E-state index in [2.05, 4.69) is 6.92 Å². The van der Waals surface area contributed by atoms with Gasteiger partial charge in [-0.1, -0.05) is 25.8 Å². The van der Waals surface area contributed by atoms with Crippen LogP contribution in [-0.2, 0) is 0 Å². The van der Waals surface area contributed by atoms with E-state index < -0.39 is 11.6 Å². The first-order chi connectivity index (χ1) is 9.54. The Bertz CT molecular complexity index is 488. The third kappa shape index (κ3) is 3.08. The van der Waals surface area contributed by atoms with Crippen molar-refractivity contribution in [2.75, 3.05) is 0 Å². The van der Waals surface area contributed by atoms with E-state index in [-0.39, 0.29) is 22.8 Å². The molecule has 0 amide bonds. The van der Waals surface area contributed by atoms with Crippen molar-refractivity contribution in [3.05, 3.63) is 34.9 Å². The van der Waals surface area contributed by atoms with Crippen LogP contribution in [0.5, 0.6) is 0 Å². The van der Waals surface area contributed by atoms with E-state index in [1.54, 1.807) is 0 Å². The molecule has 2 rings (SSSR count). The number of hydrogen-bond acceptors (Lipinski definition) is 1. The number of Topliss-reactive ketones (excluding diaryl/α,β-unsaturated/α-hetero) is 1. The first-order valence-electron chi connectivity index (χ1n) is 7.53. The average Bonchev–Trinajstić information content (AvgIpc) is 2.45. The summed E-state index contributed by atoms with van der Waals surface area (Å²) in [6, 6.07) is 2.91. The van der Waals surface area contributed by atoms with Crippen LogP contribution >= 0.6 is 0 Å². The number of rotatable bonds is 4. The Morgan fingerprint density at radius 2 is 1.80 bits per heavy atom. The summed E-state index contributed by atoms with van der Waals surface area (Å²) in [5, 5.41) is 0. The fraction of sp³-hybridized carbons (Fsp3) is 0.588. The molecule has 1 aliphatic rings. The monoisotopic (exact) mass is 280 g/mol. The van der Waals surface area contributed by atoms with Crippen LogP contribution in [0.4, 0.5) is 8.78 Å². The minimum absolute atomic E-state index is 0.0768. The molecule has 1 aromatic rings. The molecule has 1 nitrogen and oxygen atoms in total. The minimum Gasteiger partial charge on any atom is -0.294 e. The topological polar surface area (TPSA) is 17.1 Å². The molecule has 0 aliphatic heterocycles. The van der Waals surface area contributed by atoms with Gasteiger partial charge in [-0.3, -0.25) is 4.79 Å². The van der Waals surface area contributed by atoms with Crippen molar-refractivity contribution in [1.82, 2.24) is 0 Å². The SMILES string of the molecule is CCCC1CCC(C(=O)c2ccc(C)c(F)c2F)CC1. The zero-order valence-corrected chi connectivity index (χ0v) is 12.2. The van der Waals surface area contributed by atoms with Crippen molar-refractivity contribution in [1.29, 1.82) is 0 Å². The number of halogens is 2. The van der Waals surface area contributed by atoms with Gasteiger partial charge in [0, 0.05) is 5.92 Å². The van der Waals surface area contributed by atoms with Gasteiger partial charge in [-0.05, 0) is 50.2 Å². The van der Waals surface area contributed by atoms with Gasteiger partial charge in [0.15, 0.2) is 17.4 Å². The highest BCUT2D eigenvalue weighted by molar-refractivity contribution is 5.98. The standard InChI is InChI=1S/C17H22F2O/c1-3-4-12-6-8-13(9-7-12)17(20)14-10-5-11(2)15(18)16(14)19/h5,10,12-13H,3-4,6-9H2,1-2H3. The van der Waals surface area contributed by atoms with Crippen LogP contribution in [0.15, 0.2) is 12.1 Å². The maximum absolute atomic E-state index is 13.9. The van der Waals surface area contributed by atoms with Crippen molar-refractivity contribution >= 4 is 5.78 Å². The Labute approximate surface area is 119 Å². The zero-order chi connectivity index (χ0) is 14.7. The van der Waals surface area contributed by atoms with Crippen LogP contribution in [-0.4, -0.2) is 5.78 Å². The second-order valence-corrected chi connectivity index (χ2v) is 5.93. The van der Waals surface area contributed by atoms with Crippen LogP contribution in [0.25, 0.3) is 0 Å². The lowest BCUT2D eigenvalue weighted by Gasteiger charge is -2.27. The van der Waals surface area contributed by atoms with Crippen LogP contribution in [0, 0.1) is 30.4 Å². The Morgan fingerprint density at radius 1 is 1.15 bits per heavy atom. The van der Waals surface area contributed by atoms with E-state index in [0.29, 0.717) is 5.92 Å². The largest absolute Gasteiger partial charge is 0.294 e. The highest BCUT2D eigenvalue weighted by Crippen LogP contribution is 2.34. The van der Waals surface area contributed by atoms with Gasteiger partial charge in [-0.2, -0.15) is 0 Å². The fourth-order valence-electron chi connectivity index (χ4n) is 3.18. The number of ketones is 1. The molecule has 1 fully saturated rings. The maximum Gasteiger partial charge on any atom is 0.169 e. The van der Waals surface area contributed by atoms with Crippen molar-refractivity contribution in [2.45, 2.75) is 52.4 Å². The van der Waals surface area contributed by atoms with Gasteiger partial charge in [0.25, 0.3) is 0 Å². The Balaban J connectivity index is 2.08. The number of carbonyl (C=O) groups is 1. The summed E-state index contributed by atoms with van der Waals surface area (Å²) in [5.41, 5.74) is 0.165. The summed E-state index contributed by atoms with van der Waals surface area (Å²) < 4.78 is 27.4. The van der Waals surface area contributed by atoms with Crippen LogP contribution in [0.3, 0.4) is 0 Å². The average molecular weight is 280 g/mol. The van der Waals surface area contributed by atoms with Gasteiger partial charge in [-0.15, -0.1) is 0 Å². The Morgan fingerprint density at radius 3 is 2.40 bits per heavy atom. The molecule has 1 saturated carbocycles. The Kier molecular flexibility index (Phi) is 4.90. The summed E-state index contributed by atoms with van der Waals surface area (Å²) in [4.78, 5) is 12.3. The third-order valence-corrected chi connectivity index (χ3v) is 4.46. The maximum atomic E-state index is 13.9. The van der Waals surface area contributed by atoms with Crippen molar-refractivity contribution < 1.29 is 13.6 Å². The van der Waals surface area contributed by atoms with Gasteiger partial charge in [0.2, 0.25) is 0 Å². The molecule has 1 aliphatic carbocycles. The van der Waals surface area contributed by atoms with E-state index in [4.69, 9.17) is 0 Å². The lowest BCUT2D eigenvalue weighted by Crippen LogP contribution is -2.23. The Hall–Kier alpha value is -1.25.